The maximum atomic E-state index is 12.4. The molecule has 3 rings (SSSR count). The van der Waals surface area contributed by atoms with Crippen molar-refractivity contribution >= 4 is 21.0 Å². The van der Waals surface area contributed by atoms with Gasteiger partial charge in [0, 0.05) is 11.5 Å². The van der Waals surface area contributed by atoms with E-state index in [1.54, 1.807) is 31.2 Å². The molecule has 0 atom stereocenters. The molecule has 0 saturated heterocycles. The van der Waals surface area contributed by atoms with Gasteiger partial charge in [-0.15, -0.1) is 0 Å². The number of aryl methyl sites for hydroxylation is 1. The average Bonchev–Trinajstić information content (AvgIpc) is 2.49. The summed E-state index contributed by atoms with van der Waals surface area (Å²) in [6, 6.07) is 15.9. The van der Waals surface area contributed by atoms with Crippen LogP contribution in [0.2, 0.25) is 0 Å². The fourth-order valence-corrected chi connectivity index (χ4v) is 3.43. The molecule has 0 unspecified atom stereocenters. The van der Waals surface area contributed by atoms with Crippen LogP contribution in [-0.2, 0) is 10.1 Å². The fourth-order valence-electron chi connectivity index (χ4n) is 2.25. The topological polar surface area (TPSA) is 56.3 Å². The number of hydrogen-bond donors (Lipinski definition) is 0. The number of benzene rings is 2. The molecule has 3 aromatic rings. The molecule has 0 amide bonds. The summed E-state index contributed by atoms with van der Waals surface area (Å²) in [6.07, 6.45) is 0. The molecule has 0 bridgehead atoms. The Balaban J connectivity index is 2.01. The van der Waals surface area contributed by atoms with Gasteiger partial charge in [0.05, 0.1) is 5.52 Å². The van der Waals surface area contributed by atoms with E-state index in [-0.39, 0.29) is 10.8 Å². The third-order valence-corrected chi connectivity index (χ3v) is 4.96. The molecule has 0 aliphatic rings. The molecule has 22 heavy (non-hydrogen) atoms. The molecule has 1 aromatic heterocycles. The monoisotopic (exact) mass is 313 g/mol. The maximum Gasteiger partial charge on any atom is 0.340 e. The second kappa shape index (κ2) is 5.42. The van der Waals surface area contributed by atoms with E-state index in [1.807, 2.05) is 37.3 Å². The number of hydrogen-bond acceptors (Lipinski definition) is 4. The van der Waals surface area contributed by atoms with E-state index in [2.05, 4.69) is 4.98 Å². The maximum absolute atomic E-state index is 12.4. The Morgan fingerprint density at radius 1 is 0.909 bits per heavy atom. The Kier molecular flexibility index (Phi) is 3.58. The summed E-state index contributed by atoms with van der Waals surface area (Å²) >= 11 is 0. The molecular weight excluding hydrogens is 298 g/mol. The van der Waals surface area contributed by atoms with E-state index in [9.17, 15) is 8.42 Å². The molecule has 2 aromatic carbocycles. The highest BCUT2D eigenvalue weighted by Gasteiger charge is 2.20. The Bertz CT molecular complexity index is 949. The molecular formula is C17H15NO3S. The standard InChI is InChI=1S/C17H15NO3S/c1-12-6-5-9-16(13(12)2)22(19,20)21-17-11-10-14-7-3-4-8-15(14)18-17/h3-11H,1-2H3. The third-order valence-electron chi connectivity index (χ3n) is 3.59. The van der Waals surface area contributed by atoms with Gasteiger partial charge in [0.25, 0.3) is 0 Å². The first-order chi connectivity index (χ1) is 10.5. The zero-order chi connectivity index (χ0) is 15.7. The van der Waals surface area contributed by atoms with Gasteiger partial charge < -0.3 is 4.18 Å². The lowest BCUT2D eigenvalue weighted by atomic mass is 10.1. The molecule has 5 heteroatoms. The third kappa shape index (κ3) is 2.67. The molecule has 4 nitrogen and oxygen atoms in total. The van der Waals surface area contributed by atoms with Gasteiger partial charge in [0.1, 0.15) is 4.90 Å². The molecule has 0 N–H and O–H groups in total. The molecule has 1 heterocycles. The predicted octanol–water partition coefficient (Wildman–Crippen LogP) is 3.62. The van der Waals surface area contributed by atoms with Crippen molar-refractivity contribution in [1.82, 2.24) is 4.98 Å². The Labute approximate surface area is 129 Å². The predicted molar refractivity (Wildman–Crippen MR) is 85.5 cm³/mol. The van der Waals surface area contributed by atoms with Crippen LogP contribution in [0.3, 0.4) is 0 Å². The normalized spacial score (nSPS) is 11.5. The van der Waals surface area contributed by atoms with E-state index in [0.29, 0.717) is 11.1 Å². The highest BCUT2D eigenvalue weighted by atomic mass is 32.2. The first kappa shape index (κ1) is 14.5. The SMILES string of the molecule is Cc1cccc(S(=O)(=O)Oc2ccc3ccccc3n2)c1C. The van der Waals surface area contributed by atoms with Crippen molar-refractivity contribution in [3.63, 3.8) is 0 Å². The van der Waals surface area contributed by atoms with Crippen LogP contribution in [0, 0.1) is 13.8 Å². The van der Waals surface area contributed by atoms with Crippen LogP contribution in [0.4, 0.5) is 0 Å². The summed E-state index contributed by atoms with van der Waals surface area (Å²) in [5, 5.41) is 0.930. The smallest absolute Gasteiger partial charge is 0.340 e. The molecule has 0 aliphatic carbocycles. The van der Waals surface area contributed by atoms with Gasteiger partial charge in [-0.2, -0.15) is 8.42 Å². The molecule has 0 radical (unpaired) electrons. The summed E-state index contributed by atoms with van der Waals surface area (Å²) in [7, 11) is -3.90. The lowest BCUT2D eigenvalue weighted by Crippen LogP contribution is -2.12. The lowest BCUT2D eigenvalue weighted by Gasteiger charge is -2.10. The van der Waals surface area contributed by atoms with Gasteiger partial charge in [-0.25, -0.2) is 4.98 Å². The van der Waals surface area contributed by atoms with Crippen molar-refractivity contribution in [2.24, 2.45) is 0 Å². The zero-order valence-corrected chi connectivity index (χ0v) is 13.1. The van der Waals surface area contributed by atoms with Crippen molar-refractivity contribution in [3.8, 4) is 5.88 Å². The average molecular weight is 313 g/mol. The van der Waals surface area contributed by atoms with Crippen molar-refractivity contribution < 1.29 is 12.6 Å². The van der Waals surface area contributed by atoms with Crippen molar-refractivity contribution in [3.05, 3.63) is 65.7 Å². The van der Waals surface area contributed by atoms with E-state index < -0.39 is 10.1 Å². The first-order valence-corrected chi connectivity index (χ1v) is 8.25. The molecule has 0 saturated carbocycles. The summed E-state index contributed by atoms with van der Waals surface area (Å²) in [6.45, 7) is 3.63. The minimum Gasteiger partial charge on any atom is -0.358 e. The van der Waals surface area contributed by atoms with Gasteiger partial charge in [-0.1, -0.05) is 30.3 Å². The second-order valence-electron chi connectivity index (χ2n) is 5.08. The van der Waals surface area contributed by atoms with Gasteiger partial charge in [-0.05, 0) is 43.2 Å². The fraction of sp³-hybridized carbons (Fsp3) is 0.118. The minimum atomic E-state index is -3.90. The Hall–Kier alpha value is -2.40. The molecule has 0 fully saturated rings. The minimum absolute atomic E-state index is 0.0691. The van der Waals surface area contributed by atoms with Gasteiger partial charge in [0.15, 0.2) is 0 Å². The van der Waals surface area contributed by atoms with Crippen LogP contribution in [0.5, 0.6) is 5.88 Å². The van der Waals surface area contributed by atoms with E-state index in [0.717, 1.165) is 10.9 Å². The Morgan fingerprint density at radius 2 is 1.68 bits per heavy atom. The number of aromatic nitrogens is 1. The quantitative estimate of drug-likeness (QED) is 0.693. The van der Waals surface area contributed by atoms with Gasteiger partial charge in [-0.3, -0.25) is 0 Å². The van der Waals surface area contributed by atoms with Crippen molar-refractivity contribution in [2.45, 2.75) is 18.7 Å². The van der Waals surface area contributed by atoms with E-state index in [4.69, 9.17) is 4.18 Å². The molecule has 0 aliphatic heterocycles. The van der Waals surface area contributed by atoms with Crippen LogP contribution in [0.1, 0.15) is 11.1 Å². The largest absolute Gasteiger partial charge is 0.358 e. The second-order valence-corrected chi connectivity index (χ2v) is 6.59. The van der Waals surface area contributed by atoms with Gasteiger partial charge in [0.2, 0.25) is 5.88 Å². The zero-order valence-electron chi connectivity index (χ0n) is 12.3. The lowest BCUT2D eigenvalue weighted by molar-refractivity contribution is 0.476. The highest BCUT2D eigenvalue weighted by molar-refractivity contribution is 7.87. The highest BCUT2D eigenvalue weighted by Crippen LogP contribution is 2.23. The van der Waals surface area contributed by atoms with Crippen molar-refractivity contribution in [1.29, 1.82) is 0 Å². The van der Waals surface area contributed by atoms with Crippen LogP contribution in [-0.4, -0.2) is 13.4 Å². The number of para-hydroxylation sites is 1. The molecule has 0 spiro atoms. The first-order valence-electron chi connectivity index (χ1n) is 6.84. The summed E-state index contributed by atoms with van der Waals surface area (Å²) in [5.41, 5.74) is 2.27. The van der Waals surface area contributed by atoms with Crippen molar-refractivity contribution in [2.75, 3.05) is 0 Å². The summed E-state index contributed by atoms with van der Waals surface area (Å²) < 4.78 is 30.1. The summed E-state index contributed by atoms with van der Waals surface area (Å²) in [4.78, 5) is 4.41. The number of fused-ring (bicyclic) bond motifs is 1. The van der Waals surface area contributed by atoms with Gasteiger partial charge >= 0.3 is 10.1 Å². The van der Waals surface area contributed by atoms with Crippen LogP contribution < -0.4 is 4.18 Å². The summed E-state index contributed by atoms with van der Waals surface area (Å²) in [5.74, 6) is 0.0691. The van der Waals surface area contributed by atoms with Crippen LogP contribution in [0.25, 0.3) is 10.9 Å². The number of pyridine rings is 1. The Morgan fingerprint density at radius 3 is 2.50 bits per heavy atom. The molecule has 112 valence electrons. The van der Waals surface area contributed by atoms with Crippen LogP contribution in [0.15, 0.2) is 59.5 Å². The van der Waals surface area contributed by atoms with E-state index in [1.165, 1.54) is 0 Å². The van der Waals surface area contributed by atoms with E-state index >= 15 is 0 Å². The number of rotatable bonds is 3. The number of nitrogens with zero attached hydrogens (tertiary/aromatic N) is 1. The van der Waals surface area contributed by atoms with Crippen LogP contribution >= 0.6 is 0 Å².